The highest BCUT2D eigenvalue weighted by Crippen LogP contribution is 2.28. The van der Waals surface area contributed by atoms with Crippen molar-refractivity contribution < 1.29 is 14.0 Å². The molecule has 4 nitrogen and oxygen atoms in total. The zero-order valence-corrected chi connectivity index (χ0v) is 11.1. The molecule has 1 fully saturated rings. The maximum absolute atomic E-state index is 13.3. The number of amides is 2. The van der Waals surface area contributed by atoms with Gasteiger partial charge >= 0.3 is 0 Å². The lowest BCUT2D eigenvalue weighted by Crippen LogP contribution is -2.43. The van der Waals surface area contributed by atoms with Crippen LogP contribution in [0.4, 0.5) is 10.1 Å². The Balaban J connectivity index is 2.46. The van der Waals surface area contributed by atoms with Crippen molar-refractivity contribution in [2.75, 3.05) is 11.4 Å². The van der Waals surface area contributed by atoms with Crippen molar-refractivity contribution in [3.05, 3.63) is 29.6 Å². The average Bonchev–Trinajstić information content (AvgIpc) is 2.37. The van der Waals surface area contributed by atoms with E-state index in [1.165, 1.54) is 18.2 Å². The number of hydrogen-bond donors (Lipinski definition) is 1. The molecule has 1 saturated heterocycles. The highest BCUT2D eigenvalue weighted by Gasteiger charge is 2.32. The van der Waals surface area contributed by atoms with E-state index >= 15 is 0 Å². The predicted octanol–water partition coefficient (Wildman–Crippen LogP) is 1.43. The molecular formula is C15H15FN2O2. The second-order valence-electron chi connectivity index (χ2n) is 4.80. The van der Waals surface area contributed by atoms with Crippen LogP contribution in [-0.4, -0.2) is 18.4 Å². The van der Waals surface area contributed by atoms with Gasteiger partial charge in [0.1, 0.15) is 5.82 Å². The van der Waals surface area contributed by atoms with Gasteiger partial charge in [-0.2, -0.15) is 0 Å². The van der Waals surface area contributed by atoms with E-state index in [4.69, 9.17) is 5.73 Å². The molecule has 1 aromatic rings. The fraction of sp³-hybridized carbons (Fsp3) is 0.333. The molecule has 0 radical (unpaired) electrons. The normalized spacial score (nSPS) is 16.1. The largest absolute Gasteiger partial charge is 0.320 e. The van der Waals surface area contributed by atoms with Gasteiger partial charge in [0.2, 0.25) is 11.8 Å². The Morgan fingerprint density at radius 2 is 2.00 bits per heavy atom. The van der Waals surface area contributed by atoms with E-state index in [-0.39, 0.29) is 24.3 Å². The number of piperidine rings is 1. The quantitative estimate of drug-likeness (QED) is 0.622. The van der Waals surface area contributed by atoms with Gasteiger partial charge in [-0.05, 0) is 24.1 Å². The van der Waals surface area contributed by atoms with Crippen LogP contribution in [0.3, 0.4) is 0 Å². The van der Waals surface area contributed by atoms with E-state index in [1.807, 2.05) is 6.92 Å². The zero-order valence-electron chi connectivity index (χ0n) is 11.1. The van der Waals surface area contributed by atoms with E-state index in [1.54, 1.807) is 0 Å². The summed E-state index contributed by atoms with van der Waals surface area (Å²) >= 11 is 0. The molecule has 0 saturated carbocycles. The second kappa shape index (κ2) is 5.85. The van der Waals surface area contributed by atoms with E-state index in [0.29, 0.717) is 24.1 Å². The van der Waals surface area contributed by atoms with E-state index in [9.17, 15) is 14.0 Å². The average molecular weight is 274 g/mol. The summed E-state index contributed by atoms with van der Waals surface area (Å²) in [6.07, 6.45) is 0.597. The number of nitrogens with two attached hydrogens (primary N) is 1. The lowest BCUT2D eigenvalue weighted by Gasteiger charge is -2.29. The molecule has 104 valence electrons. The lowest BCUT2D eigenvalue weighted by molar-refractivity contribution is -0.130. The highest BCUT2D eigenvalue weighted by molar-refractivity contribution is 6.17. The van der Waals surface area contributed by atoms with Crippen LogP contribution < -0.4 is 10.6 Å². The van der Waals surface area contributed by atoms with Gasteiger partial charge in [0, 0.05) is 12.8 Å². The third-order valence-corrected chi connectivity index (χ3v) is 3.07. The number of nitrogens with zero attached hydrogens (tertiary/aromatic N) is 1. The van der Waals surface area contributed by atoms with Crippen LogP contribution in [0.15, 0.2) is 18.2 Å². The predicted molar refractivity (Wildman–Crippen MR) is 73.2 cm³/mol. The van der Waals surface area contributed by atoms with Gasteiger partial charge in [-0.1, -0.05) is 18.8 Å². The summed E-state index contributed by atoms with van der Waals surface area (Å²) in [6.45, 7) is 1.97. The lowest BCUT2D eigenvalue weighted by atomic mass is 9.96. The molecule has 0 bridgehead atoms. The van der Waals surface area contributed by atoms with Gasteiger partial charge < -0.3 is 5.73 Å². The first-order chi connectivity index (χ1) is 9.52. The zero-order chi connectivity index (χ0) is 14.7. The molecule has 0 unspecified atom stereocenters. The van der Waals surface area contributed by atoms with Crippen LogP contribution in [0.5, 0.6) is 0 Å². The molecule has 2 N–H and O–H groups in total. The molecule has 0 aliphatic carbocycles. The number of anilines is 1. The molecule has 0 spiro atoms. The van der Waals surface area contributed by atoms with Crippen LogP contribution in [0.1, 0.15) is 25.3 Å². The fourth-order valence-corrected chi connectivity index (χ4v) is 2.21. The topological polar surface area (TPSA) is 63.4 Å². The van der Waals surface area contributed by atoms with E-state index in [0.717, 1.165) is 4.90 Å². The van der Waals surface area contributed by atoms with Crippen molar-refractivity contribution in [2.45, 2.75) is 19.8 Å². The molecule has 1 aliphatic heterocycles. The van der Waals surface area contributed by atoms with Crippen LogP contribution >= 0.6 is 0 Å². The summed E-state index contributed by atoms with van der Waals surface area (Å²) in [7, 11) is 0. The van der Waals surface area contributed by atoms with Crippen LogP contribution in [0.2, 0.25) is 0 Å². The van der Waals surface area contributed by atoms with Crippen LogP contribution in [0, 0.1) is 23.6 Å². The Morgan fingerprint density at radius 1 is 1.35 bits per heavy atom. The minimum Gasteiger partial charge on any atom is -0.320 e. The summed E-state index contributed by atoms with van der Waals surface area (Å²) in [5, 5.41) is 0. The van der Waals surface area contributed by atoms with Gasteiger partial charge in [-0.25, -0.2) is 9.29 Å². The molecule has 0 atom stereocenters. The Bertz CT molecular complexity index is 598. The summed E-state index contributed by atoms with van der Waals surface area (Å²) < 4.78 is 13.3. The van der Waals surface area contributed by atoms with Gasteiger partial charge in [-0.3, -0.25) is 9.59 Å². The molecule has 5 heteroatoms. The van der Waals surface area contributed by atoms with Crippen LogP contribution in [-0.2, 0) is 9.59 Å². The maximum atomic E-state index is 13.3. The van der Waals surface area contributed by atoms with Crippen LogP contribution in [0.25, 0.3) is 0 Å². The molecular weight excluding hydrogens is 259 g/mol. The number of imide groups is 1. The third-order valence-electron chi connectivity index (χ3n) is 3.07. The summed E-state index contributed by atoms with van der Waals surface area (Å²) in [4.78, 5) is 25.2. The van der Waals surface area contributed by atoms with Crippen molar-refractivity contribution in [3.63, 3.8) is 0 Å². The van der Waals surface area contributed by atoms with Crippen molar-refractivity contribution in [1.82, 2.24) is 0 Å². The molecule has 2 amide bonds. The smallest absolute Gasteiger partial charge is 0.234 e. The summed E-state index contributed by atoms with van der Waals surface area (Å²) in [5.74, 6) is 4.31. The number of halogens is 1. The Labute approximate surface area is 116 Å². The maximum Gasteiger partial charge on any atom is 0.234 e. The molecule has 20 heavy (non-hydrogen) atoms. The summed E-state index contributed by atoms with van der Waals surface area (Å²) in [6, 6.07) is 3.82. The van der Waals surface area contributed by atoms with Gasteiger partial charge in [0.05, 0.1) is 17.8 Å². The number of hydrogen-bond acceptors (Lipinski definition) is 3. The Hall–Kier alpha value is -2.19. The van der Waals surface area contributed by atoms with Crippen molar-refractivity contribution in [1.29, 1.82) is 0 Å². The number of benzene rings is 1. The third kappa shape index (κ3) is 2.86. The number of carbonyl (C=O) groups is 2. The first-order valence-electron chi connectivity index (χ1n) is 6.37. The van der Waals surface area contributed by atoms with E-state index in [2.05, 4.69) is 11.8 Å². The van der Waals surface area contributed by atoms with Crippen molar-refractivity contribution in [2.24, 2.45) is 11.7 Å². The Morgan fingerprint density at radius 3 is 2.60 bits per heavy atom. The van der Waals surface area contributed by atoms with Crippen molar-refractivity contribution in [3.8, 4) is 11.8 Å². The standard InChI is InChI=1S/C15H15FN2O2/c1-10-7-14(19)18(15(20)8-10)13-5-4-12(16)9-11(13)3-2-6-17/h4-5,9-10H,6-8,17H2,1H3. The molecule has 1 aliphatic rings. The first kappa shape index (κ1) is 14.2. The minimum absolute atomic E-state index is 0.0327. The van der Waals surface area contributed by atoms with Crippen molar-refractivity contribution >= 4 is 17.5 Å². The fourth-order valence-electron chi connectivity index (χ4n) is 2.21. The second-order valence-corrected chi connectivity index (χ2v) is 4.80. The van der Waals surface area contributed by atoms with Gasteiger partial charge in [-0.15, -0.1) is 0 Å². The number of rotatable bonds is 1. The number of carbonyl (C=O) groups excluding carboxylic acids is 2. The molecule has 2 rings (SSSR count). The van der Waals surface area contributed by atoms with Gasteiger partial charge in [0.15, 0.2) is 0 Å². The van der Waals surface area contributed by atoms with E-state index < -0.39 is 5.82 Å². The molecule has 1 heterocycles. The monoisotopic (exact) mass is 274 g/mol. The Kier molecular flexibility index (Phi) is 4.16. The van der Waals surface area contributed by atoms with Gasteiger partial charge in [0.25, 0.3) is 0 Å². The molecule has 0 aromatic heterocycles. The SMILES string of the molecule is CC1CC(=O)N(c2ccc(F)cc2C#CCN)C(=O)C1. The highest BCUT2D eigenvalue weighted by atomic mass is 19.1. The molecule has 1 aromatic carbocycles. The first-order valence-corrected chi connectivity index (χ1v) is 6.37. The summed E-state index contributed by atoms with van der Waals surface area (Å²) in [5.41, 5.74) is 5.93. The minimum atomic E-state index is -0.472.